The fourth-order valence-electron chi connectivity index (χ4n) is 4.81. The number of carbonyl (C=O) groups excluding carboxylic acids is 1. The summed E-state index contributed by atoms with van der Waals surface area (Å²) in [7, 11) is 0. The molecular weight excluding hydrogens is 466 g/mol. The average molecular weight is 492 g/mol. The van der Waals surface area contributed by atoms with Crippen LogP contribution in [0.3, 0.4) is 0 Å². The smallest absolute Gasteiger partial charge is 0.258 e. The van der Waals surface area contributed by atoms with Gasteiger partial charge >= 0.3 is 0 Å². The summed E-state index contributed by atoms with van der Waals surface area (Å²) in [6, 6.07) is 20.9. The van der Waals surface area contributed by atoms with E-state index in [9.17, 15) is 9.59 Å². The fourth-order valence-corrected chi connectivity index (χ4v) is 4.81. The Hall–Kier alpha value is -4.49. The van der Waals surface area contributed by atoms with Crippen LogP contribution in [-0.2, 0) is 24.3 Å². The third-order valence-electron chi connectivity index (χ3n) is 6.82. The van der Waals surface area contributed by atoms with Gasteiger partial charge in [0, 0.05) is 28.4 Å². The third-order valence-corrected chi connectivity index (χ3v) is 6.82. The summed E-state index contributed by atoms with van der Waals surface area (Å²) in [5.74, 6) is -0.194. The van der Waals surface area contributed by atoms with E-state index in [-0.39, 0.29) is 11.5 Å². The summed E-state index contributed by atoms with van der Waals surface area (Å²) in [5.41, 5.74) is 7.09. The van der Waals surface area contributed by atoms with Crippen molar-refractivity contribution in [3.8, 4) is 11.1 Å². The van der Waals surface area contributed by atoms with E-state index in [1.807, 2.05) is 67.6 Å². The Morgan fingerprint density at radius 1 is 1.05 bits per heavy atom. The molecule has 7 heteroatoms. The minimum atomic E-state index is -0.194. The van der Waals surface area contributed by atoms with Crippen molar-refractivity contribution in [2.24, 2.45) is 0 Å². The Morgan fingerprint density at radius 3 is 2.84 bits per heavy atom. The van der Waals surface area contributed by atoms with Crippen LogP contribution < -0.4 is 10.9 Å². The van der Waals surface area contributed by atoms with Gasteiger partial charge in [0.2, 0.25) is 0 Å². The minimum absolute atomic E-state index is 0.0859. The van der Waals surface area contributed by atoms with E-state index in [0.29, 0.717) is 24.1 Å². The van der Waals surface area contributed by atoms with Crippen molar-refractivity contribution in [3.63, 3.8) is 0 Å². The second-order valence-corrected chi connectivity index (χ2v) is 9.31. The molecule has 37 heavy (non-hydrogen) atoms. The Morgan fingerprint density at radius 2 is 1.97 bits per heavy atom. The predicted molar refractivity (Wildman–Crippen MR) is 142 cm³/mol. The summed E-state index contributed by atoms with van der Waals surface area (Å²) in [6.07, 6.45) is 4.29. The molecule has 0 saturated carbocycles. The number of carbonyl (C=O) groups is 1. The van der Waals surface area contributed by atoms with Gasteiger partial charge in [0.25, 0.3) is 11.5 Å². The molecule has 184 valence electrons. The monoisotopic (exact) mass is 491 g/mol. The van der Waals surface area contributed by atoms with Gasteiger partial charge in [-0.15, -0.1) is 0 Å². The van der Waals surface area contributed by atoms with Crippen LogP contribution >= 0.6 is 0 Å². The van der Waals surface area contributed by atoms with Gasteiger partial charge in [-0.05, 0) is 83.4 Å². The van der Waals surface area contributed by atoms with Gasteiger partial charge in [-0.1, -0.05) is 29.4 Å². The van der Waals surface area contributed by atoms with E-state index in [4.69, 9.17) is 9.26 Å². The van der Waals surface area contributed by atoms with Crippen molar-refractivity contribution < 1.29 is 14.1 Å². The lowest BCUT2D eigenvalue weighted by Gasteiger charge is -2.17. The standard InChI is InChI=1S/C30H25N3O4/c1-19-28(18-37-32-19)22-6-8-27-23(14-22)9-11-33(30(27)35)16-20-3-2-4-24(13-20)29(34)31-26-7-5-21-10-12-36-17-25(21)15-26/h2-9,11,13-15,18H,10,12,16-17H2,1H3,(H,31,34). The first kappa shape index (κ1) is 22.9. The van der Waals surface area contributed by atoms with E-state index in [1.54, 1.807) is 23.1 Å². The molecule has 0 radical (unpaired) electrons. The zero-order valence-corrected chi connectivity index (χ0v) is 20.4. The Balaban J connectivity index is 1.22. The number of hydrogen-bond acceptors (Lipinski definition) is 5. The highest BCUT2D eigenvalue weighted by molar-refractivity contribution is 6.04. The molecule has 0 saturated heterocycles. The number of aromatic nitrogens is 2. The zero-order chi connectivity index (χ0) is 25.4. The summed E-state index contributed by atoms with van der Waals surface area (Å²) in [4.78, 5) is 26.2. The lowest BCUT2D eigenvalue weighted by atomic mass is 10.0. The Kier molecular flexibility index (Phi) is 5.90. The number of anilines is 1. The number of nitrogens with one attached hydrogen (secondary N) is 1. The molecule has 1 amide bonds. The topological polar surface area (TPSA) is 86.4 Å². The van der Waals surface area contributed by atoms with Crippen molar-refractivity contribution in [1.82, 2.24) is 9.72 Å². The first-order chi connectivity index (χ1) is 18.0. The SMILES string of the molecule is Cc1nocc1-c1ccc2c(=O)n(Cc3cccc(C(=O)Nc4ccc5c(c4)COCC5)c3)ccc2c1. The molecule has 0 unspecified atom stereocenters. The van der Waals surface area contributed by atoms with Crippen molar-refractivity contribution in [3.05, 3.63) is 117 Å². The number of ether oxygens (including phenoxy) is 1. The molecule has 1 aliphatic rings. The molecule has 2 aromatic heterocycles. The van der Waals surface area contributed by atoms with Crippen LogP contribution in [0, 0.1) is 6.92 Å². The van der Waals surface area contributed by atoms with Gasteiger partial charge in [-0.25, -0.2) is 0 Å². The maximum Gasteiger partial charge on any atom is 0.258 e. The largest absolute Gasteiger partial charge is 0.376 e. The quantitative estimate of drug-likeness (QED) is 0.359. The number of pyridine rings is 1. The lowest BCUT2D eigenvalue weighted by molar-refractivity contribution is 0.102. The molecule has 0 spiro atoms. The second kappa shape index (κ2) is 9.52. The number of hydrogen-bond donors (Lipinski definition) is 1. The first-order valence-corrected chi connectivity index (χ1v) is 12.2. The molecule has 5 aromatic rings. The van der Waals surface area contributed by atoms with Crippen LogP contribution in [0.15, 0.2) is 88.5 Å². The van der Waals surface area contributed by atoms with Gasteiger partial charge < -0.3 is 19.1 Å². The number of rotatable bonds is 5. The minimum Gasteiger partial charge on any atom is -0.376 e. The van der Waals surface area contributed by atoms with E-state index < -0.39 is 0 Å². The molecule has 1 aliphatic heterocycles. The van der Waals surface area contributed by atoms with Gasteiger partial charge in [0.15, 0.2) is 0 Å². The first-order valence-electron chi connectivity index (χ1n) is 12.2. The van der Waals surface area contributed by atoms with Gasteiger partial charge in [-0.2, -0.15) is 0 Å². The van der Waals surface area contributed by atoms with Crippen LogP contribution in [0.25, 0.3) is 21.9 Å². The number of nitrogens with zero attached hydrogens (tertiary/aromatic N) is 2. The molecule has 3 aromatic carbocycles. The normalized spacial score (nSPS) is 12.9. The molecule has 0 atom stereocenters. The number of aryl methyl sites for hydroxylation is 1. The summed E-state index contributed by atoms with van der Waals surface area (Å²) < 4.78 is 12.2. The summed E-state index contributed by atoms with van der Waals surface area (Å²) in [5, 5.41) is 8.40. The van der Waals surface area contributed by atoms with Gasteiger partial charge in [0.05, 0.1) is 25.5 Å². The Labute approximate surface area is 213 Å². The molecule has 7 nitrogen and oxygen atoms in total. The van der Waals surface area contributed by atoms with Crippen molar-refractivity contribution in [1.29, 1.82) is 0 Å². The lowest BCUT2D eigenvalue weighted by Crippen LogP contribution is -2.20. The molecule has 3 heterocycles. The molecule has 0 fully saturated rings. The fraction of sp³-hybridized carbons (Fsp3) is 0.167. The third kappa shape index (κ3) is 4.57. The van der Waals surface area contributed by atoms with E-state index in [2.05, 4.69) is 10.5 Å². The van der Waals surface area contributed by atoms with E-state index in [1.165, 1.54) is 5.56 Å². The van der Waals surface area contributed by atoms with Crippen molar-refractivity contribution >= 4 is 22.4 Å². The highest BCUT2D eigenvalue weighted by Gasteiger charge is 2.13. The van der Waals surface area contributed by atoms with E-state index in [0.717, 1.165) is 52.0 Å². The van der Waals surface area contributed by atoms with Crippen LogP contribution in [0.1, 0.15) is 32.7 Å². The van der Waals surface area contributed by atoms with Crippen LogP contribution in [0.4, 0.5) is 5.69 Å². The van der Waals surface area contributed by atoms with Crippen LogP contribution in [-0.4, -0.2) is 22.2 Å². The summed E-state index contributed by atoms with van der Waals surface area (Å²) >= 11 is 0. The van der Waals surface area contributed by atoms with Gasteiger partial charge in [-0.3, -0.25) is 9.59 Å². The molecule has 1 N–H and O–H groups in total. The van der Waals surface area contributed by atoms with Crippen molar-refractivity contribution in [2.45, 2.75) is 26.5 Å². The average Bonchev–Trinajstić information content (AvgIpc) is 3.36. The van der Waals surface area contributed by atoms with Gasteiger partial charge in [0.1, 0.15) is 6.26 Å². The zero-order valence-electron chi connectivity index (χ0n) is 20.4. The second-order valence-electron chi connectivity index (χ2n) is 9.31. The molecule has 0 bridgehead atoms. The maximum absolute atomic E-state index is 13.2. The van der Waals surface area contributed by atoms with E-state index >= 15 is 0 Å². The number of amides is 1. The maximum atomic E-state index is 13.2. The molecule has 0 aliphatic carbocycles. The predicted octanol–water partition coefficient (Wildman–Crippen LogP) is 5.34. The Bertz CT molecular complexity index is 1700. The molecular formula is C30H25N3O4. The van der Waals surface area contributed by atoms with Crippen LogP contribution in [0.2, 0.25) is 0 Å². The number of benzene rings is 3. The van der Waals surface area contributed by atoms with Crippen LogP contribution in [0.5, 0.6) is 0 Å². The highest BCUT2D eigenvalue weighted by Crippen LogP contribution is 2.26. The number of fused-ring (bicyclic) bond motifs is 2. The van der Waals surface area contributed by atoms with Crippen molar-refractivity contribution in [2.75, 3.05) is 11.9 Å². The summed E-state index contributed by atoms with van der Waals surface area (Å²) in [6.45, 7) is 3.54. The molecule has 6 rings (SSSR count). The highest BCUT2D eigenvalue weighted by atomic mass is 16.5.